The van der Waals surface area contributed by atoms with E-state index in [1.807, 2.05) is 12.1 Å². The Morgan fingerprint density at radius 1 is 0.476 bits per heavy atom. The molecule has 1 aromatic carbocycles. The quantitative estimate of drug-likeness (QED) is 0.186. The number of carbonyl (C=O) groups is 2. The summed E-state index contributed by atoms with van der Waals surface area (Å²) in [6.07, 6.45) is 22.8. The molecule has 0 atom stereocenters. The van der Waals surface area contributed by atoms with Crippen molar-refractivity contribution in [3.8, 4) is 0 Å². The van der Waals surface area contributed by atoms with Crippen LogP contribution in [0, 0.1) is 0 Å². The standard InChI is InChI=1S/C40H54O2/c1-29(2)15-11-17-31(5)19-13-21-33(7)25-27-37-38(40(42)36-24-10-9-23-35(36)39(37)41)28-26-34(8)22-14-20-32(6)18-12-16-30(3)4/h9-10,15-16,19-20,23-26H,11-14,17-18,21-22,27-28H2,1-8H3. The number of hydrogen-bond acceptors (Lipinski definition) is 2. The summed E-state index contributed by atoms with van der Waals surface area (Å²) in [4.78, 5) is 27.1. The summed E-state index contributed by atoms with van der Waals surface area (Å²) >= 11 is 0. The fourth-order valence-corrected chi connectivity index (χ4v) is 5.14. The first kappa shape index (κ1) is 34.9. The molecule has 0 bridgehead atoms. The lowest BCUT2D eigenvalue weighted by Crippen LogP contribution is -2.22. The maximum Gasteiger partial charge on any atom is 0.190 e. The van der Waals surface area contributed by atoms with Crippen LogP contribution in [0.2, 0.25) is 0 Å². The Morgan fingerprint density at radius 3 is 1.12 bits per heavy atom. The Hall–Kier alpha value is -3.26. The minimum Gasteiger partial charge on any atom is -0.289 e. The zero-order valence-corrected chi connectivity index (χ0v) is 27.7. The predicted octanol–water partition coefficient (Wildman–Crippen LogP) is 12.0. The van der Waals surface area contributed by atoms with Gasteiger partial charge in [-0.2, -0.15) is 0 Å². The lowest BCUT2D eigenvalue weighted by molar-refractivity contribution is 0.0971. The third kappa shape index (κ3) is 12.3. The smallest absolute Gasteiger partial charge is 0.190 e. The van der Waals surface area contributed by atoms with Crippen LogP contribution in [0.4, 0.5) is 0 Å². The van der Waals surface area contributed by atoms with Gasteiger partial charge in [0.1, 0.15) is 0 Å². The summed E-state index contributed by atoms with van der Waals surface area (Å²) in [6.45, 7) is 17.2. The molecule has 2 nitrogen and oxygen atoms in total. The van der Waals surface area contributed by atoms with Gasteiger partial charge in [0.25, 0.3) is 0 Å². The van der Waals surface area contributed by atoms with E-state index in [1.165, 1.54) is 33.4 Å². The molecule has 0 heterocycles. The molecular formula is C40H54O2. The van der Waals surface area contributed by atoms with Crippen LogP contribution in [0.25, 0.3) is 0 Å². The number of benzene rings is 1. The van der Waals surface area contributed by atoms with Crippen molar-refractivity contribution in [1.82, 2.24) is 0 Å². The van der Waals surface area contributed by atoms with Crippen LogP contribution >= 0.6 is 0 Å². The predicted molar refractivity (Wildman–Crippen MR) is 182 cm³/mol. The van der Waals surface area contributed by atoms with Gasteiger partial charge in [0.15, 0.2) is 11.6 Å². The summed E-state index contributed by atoms with van der Waals surface area (Å²) in [5.41, 5.74) is 10.5. The van der Waals surface area contributed by atoms with Crippen molar-refractivity contribution in [2.75, 3.05) is 0 Å². The fraction of sp³-hybridized carbons (Fsp3) is 0.450. The van der Waals surface area contributed by atoms with Gasteiger partial charge in [0, 0.05) is 22.3 Å². The molecule has 0 aromatic heterocycles. The Balaban J connectivity index is 2.12. The molecule has 0 aliphatic heterocycles. The van der Waals surface area contributed by atoms with Crippen LogP contribution in [0.15, 0.2) is 105 Å². The van der Waals surface area contributed by atoms with Crippen molar-refractivity contribution in [3.05, 3.63) is 116 Å². The topological polar surface area (TPSA) is 34.1 Å². The third-order valence-corrected chi connectivity index (χ3v) is 7.88. The molecule has 0 unspecified atom stereocenters. The van der Waals surface area contributed by atoms with Crippen molar-refractivity contribution < 1.29 is 9.59 Å². The van der Waals surface area contributed by atoms with Gasteiger partial charge in [-0.25, -0.2) is 0 Å². The molecule has 0 amide bonds. The minimum atomic E-state index is 0.000222. The van der Waals surface area contributed by atoms with E-state index >= 15 is 0 Å². The van der Waals surface area contributed by atoms with Gasteiger partial charge in [-0.15, -0.1) is 0 Å². The molecule has 2 rings (SSSR count). The van der Waals surface area contributed by atoms with Crippen molar-refractivity contribution in [2.24, 2.45) is 0 Å². The van der Waals surface area contributed by atoms with Gasteiger partial charge >= 0.3 is 0 Å². The highest BCUT2D eigenvalue weighted by molar-refractivity contribution is 6.27. The van der Waals surface area contributed by atoms with E-state index in [1.54, 1.807) is 12.1 Å². The van der Waals surface area contributed by atoms with Crippen molar-refractivity contribution in [1.29, 1.82) is 0 Å². The zero-order chi connectivity index (χ0) is 31.1. The van der Waals surface area contributed by atoms with Gasteiger partial charge in [-0.3, -0.25) is 9.59 Å². The second-order valence-electron chi connectivity index (χ2n) is 12.5. The Bertz CT molecular complexity index is 1210. The molecule has 1 aliphatic carbocycles. The molecule has 1 aliphatic rings. The van der Waals surface area contributed by atoms with E-state index in [2.05, 4.69) is 91.8 Å². The molecule has 0 fully saturated rings. The first-order valence-corrected chi connectivity index (χ1v) is 15.8. The second kappa shape index (κ2) is 18.3. The number of fused-ring (bicyclic) bond motifs is 1. The molecule has 1 aromatic rings. The van der Waals surface area contributed by atoms with Crippen LogP contribution < -0.4 is 0 Å². The summed E-state index contributed by atoms with van der Waals surface area (Å²) in [5.74, 6) is 0.000443. The third-order valence-electron chi connectivity index (χ3n) is 7.88. The maximum absolute atomic E-state index is 13.6. The highest BCUT2D eigenvalue weighted by atomic mass is 16.1. The number of carbonyl (C=O) groups excluding carboxylic acids is 2. The number of hydrogen-bond donors (Lipinski definition) is 0. The average molecular weight is 567 g/mol. The Kier molecular flexibility index (Phi) is 15.2. The molecule has 0 saturated heterocycles. The van der Waals surface area contributed by atoms with E-state index in [4.69, 9.17) is 0 Å². The van der Waals surface area contributed by atoms with Crippen molar-refractivity contribution in [2.45, 2.75) is 120 Å². The van der Waals surface area contributed by atoms with Crippen LogP contribution in [-0.4, -0.2) is 11.6 Å². The lowest BCUT2D eigenvalue weighted by atomic mass is 9.81. The van der Waals surface area contributed by atoms with E-state index in [9.17, 15) is 9.59 Å². The van der Waals surface area contributed by atoms with Crippen LogP contribution in [0.3, 0.4) is 0 Å². The summed E-state index contributed by atoms with van der Waals surface area (Å²) in [5, 5.41) is 0. The molecule has 0 spiro atoms. The minimum absolute atomic E-state index is 0.000222. The fourth-order valence-electron chi connectivity index (χ4n) is 5.14. The van der Waals surface area contributed by atoms with Gasteiger partial charge in [-0.05, 0) is 120 Å². The first-order chi connectivity index (χ1) is 20.0. The average Bonchev–Trinajstić information content (AvgIpc) is 2.93. The maximum atomic E-state index is 13.6. The number of rotatable bonds is 16. The molecule has 0 N–H and O–H groups in total. The number of Topliss-reactive ketones (excluding diaryl/α,β-unsaturated/α-hetero) is 2. The second-order valence-corrected chi connectivity index (χ2v) is 12.5. The Morgan fingerprint density at radius 2 is 0.786 bits per heavy atom. The van der Waals surface area contributed by atoms with Crippen LogP contribution in [0.5, 0.6) is 0 Å². The van der Waals surface area contributed by atoms with Gasteiger partial charge in [-0.1, -0.05) is 94.2 Å². The largest absolute Gasteiger partial charge is 0.289 e. The van der Waals surface area contributed by atoms with Crippen molar-refractivity contribution >= 4 is 11.6 Å². The van der Waals surface area contributed by atoms with E-state index in [0.29, 0.717) is 35.1 Å². The summed E-state index contributed by atoms with van der Waals surface area (Å²) in [6, 6.07) is 7.27. The number of allylic oxidation sites excluding steroid dienone is 14. The Labute approximate surface area is 256 Å². The van der Waals surface area contributed by atoms with Gasteiger partial charge in [0.2, 0.25) is 0 Å². The molecule has 0 saturated carbocycles. The van der Waals surface area contributed by atoms with Crippen molar-refractivity contribution in [3.63, 3.8) is 0 Å². The van der Waals surface area contributed by atoms with Gasteiger partial charge < -0.3 is 0 Å². The van der Waals surface area contributed by atoms with E-state index < -0.39 is 0 Å². The zero-order valence-electron chi connectivity index (χ0n) is 27.7. The monoisotopic (exact) mass is 566 g/mol. The molecule has 2 heteroatoms. The highest BCUT2D eigenvalue weighted by Crippen LogP contribution is 2.31. The van der Waals surface area contributed by atoms with Crippen LogP contribution in [0.1, 0.15) is 140 Å². The lowest BCUT2D eigenvalue weighted by Gasteiger charge is -2.20. The van der Waals surface area contributed by atoms with E-state index in [-0.39, 0.29) is 11.6 Å². The van der Waals surface area contributed by atoms with E-state index in [0.717, 1.165) is 51.4 Å². The van der Waals surface area contributed by atoms with Gasteiger partial charge in [0.05, 0.1) is 0 Å². The SMILES string of the molecule is CC(C)=CCCC(C)=CCCC(C)=CCC1=C(CC=C(C)CCC=C(C)CCC=C(C)C)C(=O)c2ccccc2C1=O. The molecular weight excluding hydrogens is 512 g/mol. The molecule has 42 heavy (non-hydrogen) atoms. The summed E-state index contributed by atoms with van der Waals surface area (Å²) in [7, 11) is 0. The normalized spacial score (nSPS) is 14.8. The molecule has 226 valence electrons. The first-order valence-electron chi connectivity index (χ1n) is 15.8. The highest BCUT2D eigenvalue weighted by Gasteiger charge is 2.30. The summed E-state index contributed by atoms with van der Waals surface area (Å²) < 4.78 is 0. The van der Waals surface area contributed by atoms with Crippen LogP contribution in [-0.2, 0) is 0 Å². The number of ketones is 2. The molecule has 0 radical (unpaired) electrons.